The molecule has 0 saturated heterocycles. The average Bonchev–Trinajstić information content (AvgIpc) is 3.13. The number of allylic oxidation sites excluding steroid dienone is 2. The predicted octanol–water partition coefficient (Wildman–Crippen LogP) is 3.96. The van der Waals surface area contributed by atoms with Gasteiger partial charge in [0.05, 0.1) is 17.1 Å². The molecule has 0 radical (unpaired) electrons. The Morgan fingerprint density at radius 2 is 2.22 bits per heavy atom. The van der Waals surface area contributed by atoms with E-state index in [0.717, 1.165) is 17.4 Å². The van der Waals surface area contributed by atoms with Crippen LogP contribution in [0.3, 0.4) is 0 Å². The second kappa shape index (κ2) is 6.48. The fourth-order valence-electron chi connectivity index (χ4n) is 3.04. The smallest absolute Gasteiger partial charge is 0.320 e. The Bertz CT molecular complexity index is 739. The Balaban J connectivity index is 1.79. The molecule has 1 heterocycles. The minimum Gasteiger partial charge on any atom is -0.346 e. The molecule has 2 aromatic rings. The Morgan fingerprint density at radius 1 is 1.43 bits per heavy atom. The summed E-state index contributed by atoms with van der Waals surface area (Å²) in [6, 6.07) is 6.17. The molecule has 2 unspecified atom stereocenters. The lowest BCUT2D eigenvalue weighted by Crippen LogP contribution is -2.29. The van der Waals surface area contributed by atoms with Crippen LogP contribution in [-0.2, 0) is 4.79 Å². The van der Waals surface area contributed by atoms with Gasteiger partial charge in [-0.25, -0.2) is 4.98 Å². The summed E-state index contributed by atoms with van der Waals surface area (Å²) in [7, 11) is 0. The number of para-hydroxylation sites is 2. The molecule has 23 heavy (non-hydrogen) atoms. The zero-order valence-electron chi connectivity index (χ0n) is 12.9. The number of fused-ring (bicyclic) bond motifs is 1. The van der Waals surface area contributed by atoms with Crippen LogP contribution in [-0.4, -0.2) is 15.5 Å². The van der Waals surface area contributed by atoms with Crippen molar-refractivity contribution in [1.82, 2.24) is 14.9 Å². The highest BCUT2D eigenvalue weighted by Gasteiger charge is 2.23. The molecule has 0 fully saturated rings. The summed E-state index contributed by atoms with van der Waals surface area (Å²) in [5.74, 6) is 0.287. The highest BCUT2D eigenvalue weighted by molar-refractivity contribution is 5.78. The van der Waals surface area contributed by atoms with E-state index in [1.165, 1.54) is 0 Å². The second-order valence-corrected chi connectivity index (χ2v) is 5.87. The van der Waals surface area contributed by atoms with Crippen molar-refractivity contribution >= 4 is 16.9 Å². The van der Waals surface area contributed by atoms with Crippen LogP contribution in [0, 0.1) is 5.92 Å². The van der Waals surface area contributed by atoms with Gasteiger partial charge in [-0.3, -0.25) is 9.36 Å². The van der Waals surface area contributed by atoms with Crippen molar-refractivity contribution in [3.8, 4) is 0 Å². The lowest BCUT2D eigenvalue weighted by Gasteiger charge is -2.17. The van der Waals surface area contributed by atoms with Crippen LogP contribution >= 0.6 is 0 Å². The van der Waals surface area contributed by atoms with Crippen LogP contribution < -0.4 is 5.32 Å². The minimum absolute atomic E-state index is 0.137. The molecule has 0 saturated carbocycles. The molecule has 2 atom stereocenters. The van der Waals surface area contributed by atoms with Gasteiger partial charge in [-0.15, -0.1) is 0 Å². The number of nitrogens with zero attached hydrogens (tertiary/aromatic N) is 2. The Morgan fingerprint density at radius 3 is 2.91 bits per heavy atom. The molecular formula is C17H19F2N3O. The monoisotopic (exact) mass is 319 g/mol. The molecule has 1 aromatic heterocycles. The summed E-state index contributed by atoms with van der Waals surface area (Å²) in [5.41, 5.74) is 0.875. The molecule has 1 N–H and O–H groups in total. The van der Waals surface area contributed by atoms with Crippen molar-refractivity contribution < 1.29 is 13.6 Å². The molecule has 0 bridgehead atoms. The van der Waals surface area contributed by atoms with E-state index < -0.39 is 12.6 Å². The number of hydrogen-bond donors (Lipinski definition) is 1. The third kappa shape index (κ3) is 3.25. The molecule has 1 aromatic carbocycles. The number of amides is 1. The van der Waals surface area contributed by atoms with E-state index in [2.05, 4.69) is 16.4 Å². The van der Waals surface area contributed by atoms with Crippen molar-refractivity contribution in [2.75, 3.05) is 0 Å². The summed E-state index contributed by atoms with van der Waals surface area (Å²) in [5, 5.41) is 2.79. The first-order chi connectivity index (χ1) is 11.1. The zero-order chi connectivity index (χ0) is 16.4. The van der Waals surface area contributed by atoms with E-state index in [1.54, 1.807) is 31.2 Å². The SMILES string of the molecule is CC(NC(=O)CC1C=CCC1)c1nc2ccccc2n1C(F)F. The third-order valence-electron chi connectivity index (χ3n) is 4.14. The van der Waals surface area contributed by atoms with Gasteiger partial charge in [-0.05, 0) is 37.8 Å². The van der Waals surface area contributed by atoms with Gasteiger partial charge in [0.1, 0.15) is 5.82 Å². The molecule has 122 valence electrons. The van der Waals surface area contributed by atoms with E-state index in [0.29, 0.717) is 17.5 Å². The number of nitrogens with one attached hydrogen (secondary N) is 1. The third-order valence-corrected chi connectivity index (χ3v) is 4.14. The zero-order valence-corrected chi connectivity index (χ0v) is 12.9. The molecule has 1 aliphatic rings. The van der Waals surface area contributed by atoms with Gasteiger partial charge in [-0.1, -0.05) is 24.3 Å². The first-order valence-corrected chi connectivity index (χ1v) is 7.77. The summed E-state index contributed by atoms with van der Waals surface area (Å²) in [6.45, 7) is -1.02. The number of hydrogen-bond acceptors (Lipinski definition) is 2. The Labute approximate surface area is 133 Å². The van der Waals surface area contributed by atoms with Gasteiger partial charge in [0, 0.05) is 6.42 Å². The first kappa shape index (κ1) is 15.6. The number of halogens is 2. The molecule has 3 rings (SSSR count). The van der Waals surface area contributed by atoms with Gasteiger partial charge in [0.25, 0.3) is 0 Å². The number of rotatable bonds is 5. The van der Waals surface area contributed by atoms with Gasteiger partial charge in [-0.2, -0.15) is 8.78 Å². The molecule has 6 heteroatoms. The van der Waals surface area contributed by atoms with E-state index in [4.69, 9.17) is 0 Å². The quantitative estimate of drug-likeness (QED) is 0.848. The normalized spacial score (nSPS) is 18.7. The molecule has 0 aliphatic heterocycles. The van der Waals surface area contributed by atoms with Crippen molar-refractivity contribution in [3.05, 3.63) is 42.2 Å². The highest BCUT2D eigenvalue weighted by atomic mass is 19.3. The molecule has 0 spiro atoms. The first-order valence-electron chi connectivity index (χ1n) is 7.77. The van der Waals surface area contributed by atoms with Crippen molar-refractivity contribution in [2.24, 2.45) is 5.92 Å². The maximum absolute atomic E-state index is 13.4. The van der Waals surface area contributed by atoms with E-state index >= 15 is 0 Å². The Hall–Kier alpha value is -2.24. The van der Waals surface area contributed by atoms with Crippen molar-refractivity contribution in [3.63, 3.8) is 0 Å². The standard InChI is InChI=1S/C17H19F2N3O/c1-11(20-15(23)10-12-6-2-3-7-12)16-21-13-8-4-5-9-14(13)22(16)17(18)19/h2,4-6,8-9,11-12,17H,3,7,10H2,1H3,(H,20,23). The molecule has 4 nitrogen and oxygen atoms in total. The van der Waals surface area contributed by atoms with Crippen molar-refractivity contribution in [2.45, 2.75) is 38.8 Å². The highest BCUT2D eigenvalue weighted by Crippen LogP contribution is 2.27. The van der Waals surface area contributed by atoms with Crippen LogP contribution in [0.4, 0.5) is 8.78 Å². The topological polar surface area (TPSA) is 46.9 Å². The fraction of sp³-hybridized carbons (Fsp3) is 0.412. The maximum Gasteiger partial charge on any atom is 0.320 e. The number of alkyl halides is 2. The second-order valence-electron chi connectivity index (χ2n) is 5.87. The average molecular weight is 319 g/mol. The van der Waals surface area contributed by atoms with Crippen LogP contribution in [0.15, 0.2) is 36.4 Å². The summed E-state index contributed by atoms with van der Waals surface area (Å²) in [6.07, 6.45) is 6.46. The number of aromatic nitrogens is 2. The van der Waals surface area contributed by atoms with Gasteiger partial charge < -0.3 is 5.32 Å². The number of carbonyl (C=O) groups excluding carboxylic acids is 1. The minimum atomic E-state index is -2.70. The predicted molar refractivity (Wildman–Crippen MR) is 84.0 cm³/mol. The molecular weight excluding hydrogens is 300 g/mol. The lowest BCUT2D eigenvalue weighted by molar-refractivity contribution is -0.122. The largest absolute Gasteiger partial charge is 0.346 e. The van der Waals surface area contributed by atoms with E-state index in [-0.39, 0.29) is 17.6 Å². The molecule has 1 aliphatic carbocycles. The van der Waals surface area contributed by atoms with Crippen LogP contribution in [0.1, 0.15) is 44.6 Å². The summed E-state index contributed by atoms with van der Waals surface area (Å²) in [4.78, 5) is 16.4. The van der Waals surface area contributed by atoms with Gasteiger partial charge >= 0.3 is 6.55 Å². The number of carbonyl (C=O) groups is 1. The summed E-state index contributed by atoms with van der Waals surface area (Å²) >= 11 is 0. The number of benzene rings is 1. The maximum atomic E-state index is 13.4. The molecule has 1 amide bonds. The van der Waals surface area contributed by atoms with E-state index in [1.807, 2.05) is 6.08 Å². The van der Waals surface area contributed by atoms with E-state index in [9.17, 15) is 13.6 Å². The van der Waals surface area contributed by atoms with Crippen molar-refractivity contribution in [1.29, 1.82) is 0 Å². The fourth-order valence-corrected chi connectivity index (χ4v) is 3.04. The Kier molecular flexibility index (Phi) is 4.41. The van der Waals surface area contributed by atoms with Crippen LogP contribution in [0.5, 0.6) is 0 Å². The van der Waals surface area contributed by atoms with Crippen LogP contribution in [0.25, 0.3) is 11.0 Å². The number of imidazole rings is 1. The van der Waals surface area contributed by atoms with Gasteiger partial charge in [0.2, 0.25) is 5.91 Å². The van der Waals surface area contributed by atoms with Crippen LogP contribution in [0.2, 0.25) is 0 Å². The lowest BCUT2D eigenvalue weighted by atomic mass is 10.0. The summed E-state index contributed by atoms with van der Waals surface area (Å²) < 4.78 is 27.7. The van der Waals surface area contributed by atoms with Gasteiger partial charge in [0.15, 0.2) is 0 Å².